The molecule has 0 saturated heterocycles. The largest absolute Gasteiger partial charge is 0.493 e. The Labute approximate surface area is 89.4 Å². The van der Waals surface area contributed by atoms with Gasteiger partial charge >= 0.3 is 5.51 Å². The summed E-state index contributed by atoms with van der Waals surface area (Å²) in [6.07, 6.45) is 0. The maximum atomic E-state index is 12.1. The molecule has 6 heteroatoms. The van der Waals surface area contributed by atoms with Gasteiger partial charge in [-0.2, -0.15) is 13.2 Å². The summed E-state index contributed by atoms with van der Waals surface area (Å²) in [6, 6.07) is 5.18. The third-order valence-electron chi connectivity index (χ3n) is 1.53. The van der Waals surface area contributed by atoms with Crippen molar-refractivity contribution in [2.45, 2.75) is 10.4 Å². The van der Waals surface area contributed by atoms with Gasteiger partial charge in [0.05, 0.1) is 19.1 Å². The molecule has 0 bridgehead atoms. The van der Waals surface area contributed by atoms with E-state index in [2.05, 4.69) is 6.07 Å². The monoisotopic (exact) mass is 237 g/mol. The summed E-state index contributed by atoms with van der Waals surface area (Å²) in [6.45, 7) is 0. The molecule has 2 nitrogen and oxygen atoms in total. The highest BCUT2D eigenvalue weighted by Crippen LogP contribution is 2.44. The van der Waals surface area contributed by atoms with E-state index in [1.165, 1.54) is 26.4 Å². The van der Waals surface area contributed by atoms with Crippen molar-refractivity contribution in [2.75, 3.05) is 14.2 Å². The van der Waals surface area contributed by atoms with Crippen LogP contribution < -0.4 is 9.47 Å². The molecule has 83 valence electrons. The molecule has 0 saturated carbocycles. The first kappa shape index (κ1) is 12.0. The minimum absolute atomic E-state index is 0.0654. The highest BCUT2D eigenvalue weighted by atomic mass is 32.2. The van der Waals surface area contributed by atoms with Crippen LogP contribution in [0.4, 0.5) is 13.2 Å². The second-order valence-electron chi connectivity index (χ2n) is 2.47. The Morgan fingerprint density at radius 3 is 2.33 bits per heavy atom. The molecule has 0 amide bonds. The zero-order chi connectivity index (χ0) is 11.5. The minimum Gasteiger partial charge on any atom is -0.493 e. The fourth-order valence-electron chi connectivity index (χ4n) is 0.999. The zero-order valence-corrected chi connectivity index (χ0v) is 8.83. The molecule has 0 atom stereocenters. The van der Waals surface area contributed by atoms with E-state index in [4.69, 9.17) is 9.47 Å². The highest BCUT2D eigenvalue weighted by molar-refractivity contribution is 8.00. The molecule has 1 aromatic rings. The zero-order valence-electron chi connectivity index (χ0n) is 8.01. The summed E-state index contributed by atoms with van der Waals surface area (Å²) in [5, 5.41) is 0. The number of alkyl halides is 3. The fraction of sp³-hybridized carbons (Fsp3) is 0.333. The van der Waals surface area contributed by atoms with Gasteiger partial charge in [0.25, 0.3) is 0 Å². The molecule has 1 rings (SSSR count). The molecule has 1 aromatic carbocycles. The van der Waals surface area contributed by atoms with Gasteiger partial charge in [0.1, 0.15) is 0 Å². The molecular weight excluding hydrogens is 229 g/mol. The van der Waals surface area contributed by atoms with Crippen LogP contribution >= 0.6 is 11.8 Å². The molecule has 0 spiro atoms. The average molecular weight is 237 g/mol. The molecule has 0 heterocycles. The number of methoxy groups -OCH3 is 2. The van der Waals surface area contributed by atoms with Crippen LogP contribution in [0.3, 0.4) is 0 Å². The summed E-state index contributed by atoms with van der Waals surface area (Å²) in [5.41, 5.74) is -4.35. The van der Waals surface area contributed by atoms with Gasteiger partial charge < -0.3 is 9.47 Å². The number of rotatable bonds is 3. The first-order chi connectivity index (χ1) is 6.98. The minimum atomic E-state index is -4.35. The maximum absolute atomic E-state index is 12.1. The van der Waals surface area contributed by atoms with E-state index >= 15 is 0 Å². The van der Waals surface area contributed by atoms with E-state index in [-0.39, 0.29) is 28.2 Å². The topological polar surface area (TPSA) is 18.5 Å². The van der Waals surface area contributed by atoms with Crippen molar-refractivity contribution in [1.29, 1.82) is 0 Å². The van der Waals surface area contributed by atoms with Crippen LogP contribution in [-0.2, 0) is 0 Å². The Hall–Kier alpha value is -1.04. The number of ether oxygens (including phenoxy) is 2. The standard InChI is InChI=1S/C9H8F3O2S/c1-13-6-4-3-5-7(8(6)14-2)15-9(10,11)12/h4-5H,1-2H3. The first-order valence-corrected chi connectivity index (χ1v) is 4.67. The number of benzene rings is 1. The molecule has 1 radical (unpaired) electrons. The third kappa shape index (κ3) is 3.23. The lowest BCUT2D eigenvalue weighted by molar-refractivity contribution is -0.0328. The van der Waals surface area contributed by atoms with E-state index in [1.807, 2.05) is 0 Å². The van der Waals surface area contributed by atoms with Crippen molar-refractivity contribution in [3.63, 3.8) is 0 Å². The summed E-state index contributed by atoms with van der Waals surface area (Å²) in [4.78, 5) is -0.0654. The number of thioether (sulfide) groups is 1. The lowest BCUT2D eigenvalue weighted by Crippen LogP contribution is -2.01. The second kappa shape index (κ2) is 4.65. The lowest BCUT2D eigenvalue weighted by atomic mass is 10.3. The van der Waals surface area contributed by atoms with Gasteiger partial charge in [-0.1, -0.05) is 0 Å². The number of halogens is 3. The smallest absolute Gasteiger partial charge is 0.446 e. The molecular formula is C9H8F3O2S. The van der Waals surface area contributed by atoms with Crippen LogP contribution in [0, 0.1) is 6.07 Å². The predicted molar refractivity (Wildman–Crippen MR) is 50.3 cm³/mol. The van der Waals surface area contributed by atoms with Gasteiger partial charge in [-0.3, -0.25) is 0 Å². The molecule has 15 heavy (non-hydrogen) atoms. The number of hydrogen-bond acceptors (Lipinski definition) is 3. The van der Waals surface area contributed by atoms with Crippen LogP contribution in [0.25, 0.3) is 0 Å². The van der Waals surface area contributed by atoms with E-state index in [9.17, 15) is 13.2 Å². The van der Waals surface area contributed by atoms with Crippen LogP contribution in [0.2, 0.25) is 0 Å². The Kier molecular flexibility index (Phi) is 3.73. The van der Waals surface area contributed by atoms with Crippen molar-refractivity contribution in [3.8, 4) is 11.5 Å². The second-order valence-corrected chi connectivity index (χ2v) is 3.58. The van der Waals surface area contributed by atoms with Gasteiger partial charge in [0.2, 0.25) is 0 Å². The molecule has 0 N–H and O–H groups in total. The van der Waals surface area contributed by atoms with E-state index in [0.29, 0.717) is 0 Å². The van der Waals surface area contributed by atoms with Gasteiger partial charge in [0.15, 0.2) is 11.5 Å². The molecule has 0 aliphatic heterocycles. The quantitative estimate of drug-likeness (QED) is 0.752. The molecule has 0 aliphatic rings. The van der Waals surface area contributed by atoms with E-state index in [0.717, 1.165) is 0 Å². The third-order valence-corrected chi connectivity index (χ3v) is 2.28. The summed E-state index contributed by atoms with van der Waals surface area (Å²) >= 11 is -0.255. The Bertz CT molecular complexity index is 339. The Morgan fingerprint density at radius 2 is 1.87 bits per heavy atom. The summed E-state index contributed by atoms with van der Waals surface area (Å²) < 4.78 is 46.1. The van der Waals surface area contributed by atoms with Crippen LogP contribution in [0.15, 0.2) is 17.0 Å². The average Bonchev–Trinajstić information content (AvgIpc) is 2.15. The van der Waals surface area contributed by atoms with Crippen LogP contribution in [0.5, 0.6) is 11.5 Å². The van der Waals surface area contributed by atoms with Gasteiger partial charge in [-0.15, -0.1) is 0 Å². The van der Waals surface area contributed by atoms with Crippen LogP contribution in [-0.4, -0.2) is 19.7 Å². The molecule has 0 unspecified atom stereocenters. The van der Waals surface area contributed by atoms with Gasteiger partial charge in [-0.05, 0) is 30.0 Å². The summed E-state index contributed by atoms with van der Waals surface area (Å²) in [5.74, 6) is 0.297. The van der Waals surface area contributed by atoms with Crippen molar-refractivity contribution in [2.24, 2.45) is 0 Å². The van der Waals surface area contributed by atoms with Crippen molar-refractivity contribution < 1.29 is 22.6 Å². The highest BCUT2D eigenvalue weighted by Gasteiger charge is 2.31. The Morgan fingerprint density at radius 1 is 1.20 bits per heavy atom. The molecule has 0 aliphatic carbocycles. The van der Waals surface area contributed by atoms with E-state index in [1.54, 1.807) is 0 Å². The van der Waals surface area contributed by atoms with E-state index < -0.39 is 5.51 Å². The summed E-state index contributed by atoms with van der Waals surface area (Å²) in [7, 11) is 2.64. The van der Waals surface area contributed by atoms with Crippen molar-refractivity contribution in [3.05, 3.63) is 18.2 Å². The first-order valence-electron chi connectivity index (χ1n) is 3.85. The van der Waals surface area contributed by atoms with Gasteiger partial charge in [-0.25, -0.2) is 0 Å². The SMILES string of the molecule is COc1c[c]cc(SC(F)(F)F)c1OC. The normalized spacial score (nSPS) is 11.3. The van der Waals surface area contributed by atoms with Crippen LogP contribution in [0.1, 0.15) is 0 Å². The molecule has 0 aromatic heterocycles. The van der Waals surface area contributed by atoms with Gasteiger partial charge in [0, 0.05) is 0 Å². The van der Waals surface area contributed by atoms with Crippen molar-refractivity contribution in [1.82, 2.24) is 0 Å². The maximum Gasteiger partial charge on any atom is 0.446 e. The Balaban J connectivity index is 3.06. The lowest BCUT2D eigenvalue weighted by Gasteiger charge is -2.12. The molecule has 0 fully saturated rings. The predicted octanol–water partition coefficient (Wildman–Crippen LogP) is 3.12. The van der Waals surface area contributed by atoms with Crippen molar-refractivity contribution >= 4 is 11.8 Å². The number of hydrogen-bond donors (Lipinski definition) is 0. The fourth-order valence-corrected chi connectivity index (χ4v) is 1.65.